The van der Waals surface area contributed by atoms with E-state index in [0.717, 1.165) is 29.8 Å². The van der Waals surface area contributed by atoms with Crippen LogP contribution in [0, 0.1) is 0 Å². The van der Waals surface area contributed by atoms with Gasteiger partial charge in [0.1, 0.15) is 5.76 Å². The molecule has 1 N–H and O–H groups in total. The van der Waals surface area contributed by atoms with E-state index < -0.39 is 0 Å². The molecule has 1 unspecified atom stereocenters. The standard InChI is InChI=1S/C18H24BrNO/c1-3-5-6-14-7-9-15(10-8-14)18(20-13-4-2)16-11-12-17(19)21-16/h7-12,18,20H,3-6,13H2,1-2H3. The molecule has 0 aliphatic carbocycles. The molecule has 2 nitrogen and oxygen atoms in total. The highest BCUT2D eigenvalue weighted by Gasteiger charge is 2.16. The highest BCUT2D eigenvalue weighted by atomic mass is 79.9. The Kier molecular flexibility index (Phi) is 6.52. The fourth-order valence-electron chi connectivity index (χ4n) is 2.41. The third-order valence-corrected chi connectivity index (χ3v) is 4.04. The maximum absolute atomic E-state index is 5.75. The molecule has 1 aromatic heterocycles. The Labute approximate surface area is 136 Å². The van der Waals surface area contributed by atoms with E-state index in [1.54, 1.807) is 0 Å². The second-order valence-electron chi connectivity index (χ2n) is 5.37. The lowest BCUT2D eigenvalue weighted by atomic mass is 10.0. The zero-order valence-electron chi connectivity index (χ0n) is 12.9. The third-order valence-electron chi connectivity index (χ3n) is 3.61. The lowest BCUT2D eigenvalue weighted by molar-refractivity contribution is 0.433. The molecule has 0 aliphatic heterocycles. The van der Waals surface area contributed by atoms with Crippen LogP contribution in [0.4, 0.5) is 0 Å². The van der Waals surface area contributed by atoms with Gasteiger partial charge in [-0.2, -0.15) is 0 Å². The van der Waals surface area contributed by atoms with E-state index in [4.69, 9.17) is 4.42 Å². The van der Waals surface area contributed by atoms with Crippen molar-refractivity contribution in [2.75, 3.05) is 6.54 Å². The SMILES string of the molecule is CCCCc1ccc(C(NCCC)c2ccc(Br)o2)cc1. The van der Waals surface area contributed by atoms with Crippen molar-refractivity contribution in [3.8, 4) is 0 Å². The smallest absolute Gasteiger partial charge is 0.169 e. The molecule has 114 valence electrons. The Bertz CT molecular complexity index is 532. The Hall–Kier alpha value is -1.06. The molecule has 2 aromatic rings. The van der Waals surface area contributed by atoms with Gasteiger partial charge in [-0.05, 0) is 65.0 Å². The van der Waals surface area contributed by atoms with Crippen LogP contribution in [0.3, 0.4) is 0 Å². The van der Waals surface area contributed by atoms with Crippen molar-refractivity contribution >= 4 is 15.9 Å². The van der Waals surface area contributed by atoms with Crippen LogP contribution in [0.5, 0.6) is 0 Å². The van der Waals surface area contributed by atoms with E-state index in [1.807, 2.05) is 12.1 Å². The molecule has 3 heteroatoms. The van der Waals surface area contributed by atoms with Crippen LogP contribution in [-0.2, 0) is 6.42 Å². The van der Waals surface area contributed by atoms with Crippen LogP contribution < -0.4 is 5.32 Å². The molecule has 0 bridgehead atoms. The molecule has 1 aromatic carbocycles. The molecule has 21 heavy (non-hydrogen) atoms. The average Bonchev–Trinajstić information content (AvgIpc) is 2.93. The van der Waals surface area contributed by atoms with E-state index in [9.17, 15) is 0 Å². The van der Waals surface area contributed by atoms with Crippen LogP contribution in [0.25, 0.3) is 0 Å². The minimum Gasteiger partial charge on any atom is -0.452 e. The largest absolute Gasteiger partial charge is 0.452 e. The first-order valence-electron chi connectivity index (χ1n) is 7.82. The number of rotatable bonds is 8. The third kappa shape index (κ3) is 4.72. The topological polar surface area (TPSA) is 25.2 Å². The monoisotopic (exact) mass is 349 g/mol. The van der Waals surface area contributed by atoms with Gasteiger partial charge >= 0.3 is 0 Å². The number of furan rings is 1. The summed E-state index contributed by atoms with van der Waals surface area (Å²) < 4.78 is 6.52. The highest BCUT2D eigenvalue weighted by Crippen LogP contribution is 2.26. The Balaban J connectivity index is 2.16. The predicted octanol–water partition coefficient (Wildman–Crippen LogP) is 5.47. The summed E-state index contributed by atoms with van der Waals surface area (Å²) in [6.07, 6.45) is 4.76. The molecule has 0 saturated carbocycles. The number of benzene rings is 1. The van der Waals surface area contributed by atoms with Crippen LogP contribution in [-0.4, -0.2) is 6.54 Å². The van der Waals surface area contributed by atoms with Crippen LogP contribution >= 0.6 is 15.9 Å². The zero-order chi connectivity index (χ0) is 15.1. The number of halogens is 1. The first-order chi connectivity index (χ1) is 10.2. The van der Waals surface area contributed by atoms with Gasteiger partial charge in [0.05, 0.1) is 6.04 Å². The van der Waals surface area contributed by atoms with E-state index >= 15 is 0 Å². The molecule has 1 heterocycles. The summed E-state index contributed by atoms with van der Waals surface area (Å²) in [5, 5.41) is 3.56. The van der Waals surface area contributed by atoms with Gasteiger partial charge in [0, 0.05) is 0 Å². The number of unbranched alkanes of at least 4 members (excludes halogenated alkanes) is 1. The van der Waals surface area contributed by atoms with Gasteiger partial charge in [0.25, 0.3) is 0 Å². The number of nitrogens with one attached hydrogen (secondary N) is 1. The molecule has 2 rings (SSSR count). The van der Waals surface area contributed by atoms with E-state index in [1.165, 1.54) is 24.0 Å². The summed E-state index contributed by atoms with van der Waals surface area (Å²) in [6, 6.07) is 13.0. The van der Waals surface area contributed by atoms with Crippen LogP contribution in [0.2, 0.25) is 0 Å². The minimum absolute atomic E-state index is 0.122. The molecule has 1 atom stereocenters. The summed E-state index contributed by atoms with van der Waals surface area (Å²) in [5.41, 5.74) is 2.67. The van der Waals surface area contributed by atoms with Gasteiger partial charge in [-0.3, -0.25) is 0 Å². The maximum atomic E-state index is 5.75. The quantitative estimate of drug-likeness (QED) is 0.683. The van der Waals surface area contributed by atoms with Crippen molar-refractivity contribution in [3.05, 3.63) is 58.0 Å². The van der Waals surface area contributed by atoms with E-state index in [2.05, 4.69) is 59.4 Å². The molecule has 0 radical (unpaired) electrons. The molecule has 0 aliphatic rings. The molecule has 0 fully saturated rings. The molecule has 0 spiro atoms. The molecular weight excluding hydrogens is 326 g/mol. The summed E-state index contributed by atoms with van der Waals surface area (Å²) in [5.74, 6) is 0.955. The van der Waals surface area contributed by atoms with Crippen LogP contribution in [0.1, 0.15) is 56.0 Å². The van der Waals surface area contributed by atoms with Crippen molar-refractivity contribution in [1.29, 1.82) is 0 Å². The van der Waals surface area contributed by atoms with Gasteiger partial charge in [0.15, 0.2) is 4.67 Å². The van der Waals surface area contributed by atoms with Crippen molar-refractivity contribution < 1.29 is 4.42 Å². The Morgan fingerprint density at radius 3 is 2.38 bits per heavy atom. The Morgan fingerprint density at radius 2 is 1.81 bits per heavy atom. The number of hydrogen-bond acceptors (Lipinski definition) is 2. The zero-order valence-corrected chi connectivity index (χ0v) is 14.4. The molecule has 0 saturated heterocycles. The normalized spacial score (nSPS) is 12.5. The van der Waals surface area contributed by atoms with Gasteiger partial charge in [-0.25, -0.2) is 0 Å². The second-order valence-corrected chi connectivity index (χ2v) is 6.16. The van der Waals surface area contributed by atoms with Gasteiger partial charge in [0.2, 0.25) is 0 Å². The Morgan fingerprint density at radius 1 is 1.05 bits per heavy atom. The summed E-state index contributed by atoms with van der Waals surface area (Å²) >= 11 is 3.39. The van der Waals surface area contributed by atoms with Gasteiger partial charge in [-0.15, -0.1) is 0 Å². The van der Waals surface area contributed by atoms with Crippen molar-refractivity contribution in [2.24, 2.45) is 0 Å². The van der Waals surface area contributed by atoms with Gasteiger partial charge in [-0.1, -0.05) is 44.5 Å². The van der Waals surface area contributed by atoms with Crippen LogP contribution in [0.15, 0.2) is 45.5 Å². The predicted molar refractivity (Wildman–Crippen MR) is 91.6 cm³/mol. The lowest BCUT2D eigenvalue weighted by Crippen LogP contribution is -2.22. The van der Waals surface area contributed by atoms with E-state index in [-0.39, 0.29) is 6.04 Å². The van der Waals surface area contributed by atoms with Crippen molar-refractivity contribution in [3.63, 3.8) is 0 Å². The van der Waals surface area contributed by atoms with Gasteiger partial charge < -0.3 is 9.73 Å². The number of aryl methyl sites for hydroxylation is 1. The second kappa shape index (κ2) is 8.40. The summed E-state index contributed by atoms with van der Waals surface area (Å²) in [6.45, 7) is 5.38. The summed E-state index contributed by atoms with van der Waals surface area (Å²) in [4.78, 5) is 0. The molecular formula is C18H24BrNO. The average molecular weight is 350 g/mol. The highest BCUT2D eigenvalue weighted by molar-refractivity contribution is 9.10. The van der Waals surface area contributed by atoms with Crippen molar-refractivity contribution in [2.45, 2.75) is 45.6 Å². The summed E-state index contributed by atoms with van der Waals surface area (Å²) in [7, 11) is 0. The van der Waals surface area contributed by atoms with E-state index in [0.29, 0.717) is 0 Å². The number of hydrogen-bond donors (Lipinski definition) is 1. The first kappa shape index (κ1) is 16.3. The maximum Gasteiger partial charge on any atom is 0.169 e. The lowest BCUT2D eigenvalue weighted by Gasteiger charge is -2.17. The minimum atomic E-state index is 0.122. The fourth-order valence-corrected chi connectivity index (χ4v) is 2.73. The molecule has 0 amide bonds. The van der Waals surface area contributed by atoms with Crippen molar-refractivity contribution in [1.82, 2.24) is 5.32 Å². The first-order valence-corrected chi connectivity index (χ1v) is 8.61. The fraction of sp³-hybridized carbons (Fsp3) is 0.444.